The Balaban J connectivity index is 0.00000210. The summed E-state index contributed by atoms with van der Waals surface area (Å²) < 4.78 is 7.12. The molecule has 0 aliphatic carbocycles. The molecule has 4 rings (SSSR count). The number of hydrogen-bond acceptors (Lipinski definition) is 5. The quantitative estimate of drug-likeness (QED) is 0.717. The van der Waals surface area contributed by atoms with Crippen molar-refractivity contribution in [3.63, 3.8) is 0 Å². The first kappa shape index (κ1) is 19.5. The fourth-order valence-corrected chi connectivity index (χ4v) is 3.57. The zero-order valence-corrected chi connectivity index (χ0v) is 15.9. The van der Waals surface area contributed by atoms with Crippen LogP contribution in [0.3, 0.4) is 0 Å². The second-order valence-electron chi connectivity index (χ2n) is 6.35. The number of anilines is 2. The lowest BCUT2D eigenvalue weighted by atomic mass is 9.87. The summed E-state index contributed by atoms with van der Waals surface area (Å²) >= 11 is 6.31. The molecule has 10 heteroatoms. The van der Waals surface area contributed by atoms with Crippen LogP contribution in [0.4, 0.5) is 11.4 Å². The van der Waals surface area contributed by atoms with Crippen LogP contribution in [0.2, 0.25) is 5.02 Å². The van der Waals surface area contributed by atoms with Crippen molar-refractivity contribution in [2.24, 2.45) is 0 Å². The number of ether oxygens (including phenoxy) is 1. The molecule has 8 nitrogen and oxygen atoms in total. The number of aromatic nitrogens is 2. The zero-order chi connectivity index (χ0) is 18.1. The predicted molar refractivity (Wildman–Crippen MR) is 104 cm³/mol. The van der Waals surface area contributed by atoms with E-state index in [4.69, 9.17) is 16.3 Å². The summed E-state index contributed by atoms with van der Waals surface area (Å²) in [6.07, 6.45) is 4.71. The maximum atomic E-state index is 13.2. The average molecular weight is 412 g/mol. The van der Waals surface area contributed by atoms with Gasteiger partial charge in [-0.15, -0.1) is 12.4 Å². The molecule has 0 bridgehead atoms. The number of benzene rings is 1. The van der Waals surface area contributed by atoms with Crippen molar-refractivity contribution in [1.82, 2.24) is 15.1 Å². The molecule has 0 saturated carbocycles. The van der Waals surface area contributed by atoms with Crippen molar-refractivity contribution >= 4 is 47.2 Å². The number of piperidine rings is 1. The van der Waals surface area contributed by atoms with E-state index in [0.29, 0.717) is 35.0 Å². The molecule has 0 radical (unpaired) electrons. The van der Waals surface area contributed by atoms with Crippen LogP contribution in [0.5, 0.6) is 5.75 Å². The summed E-state index contributed by atoms with van der Waals surface area (Å²) in [4.78, 5) is 24.6. The van der Waals surface area contributed by atoms with Gasteiger partial charge in [-0.3, -0.25) is 14.3 Å². The SMILES string of the molecule is Cl.O=C1COc2cc(NC(=O)C3(n4cccn4)CCNCC3)c(Cl)cc2N1. The number of rotatable bonds is 3. The van der Waals surface area contributed by atoms with Gasteiger partial charge in [-0.05, 0) is 38.1 Å². The van der Waals surface area contributed by atoms with E-state index in [0.717, 1.165) is 13.1 Å². The Morgan fingerprint density at radius 3 is 2.81 bits per heavy atom. The van der Waals surface area contributed by atoms with Crippen molar-refractivity contribution in [3.05, 3.63) is 35.6 Å². The first-order valence-electron chi connectivity index (χ1n) is 8.37. The fraction of sp³-hybridized carbons (Fsp3) is 0.353. The number of carbonyl (C=O) groups is 2. The molecule has 1 fully saturated rings. The van der Waals surface area contributed by atoms with Gasteiger partial charge >= 0.3 is 0 Å². The highest BCUT2D eigenvalue weighted by molar-refractivity contribution is 6.34. The minimum absolute atomic E-state index is 0. The minimum Gasteiger partial charge on any atom is -0.482 e. The molecule has 0 spiro atoms. The number of carbonyl (C=O) groups excluding carboxylic acids is 2. The van der Waals surface area contributed by atoms with Crippen molar-refractivity contribution in [2.75, 3.05) is 30.3 Å². The van der Waals surface area contributed by atoms with Crippen LogP contribution >= 0.6 is 24.0 Å². The molecule has 2 aliphatic heterocycles. The normalized spacial score (nSPS) is 17.7. The molecule has 3 heterocycles. The Morgan fingerprint density at radius 2 is 2.11 bits per heavy atom. The van der Waals surface area contributed by atoms with Crippen LogP contribution in [0.25, 0.3) is 0 Å². The minimum atomic E-state index is -0.775. The predicted octanol–water partition coefficient (Wildman–Crippen LogP) is 2.01. The van der Waals surface area contributed by atoms with Gasteiger partial charge in [0, 0.05) is 18.5 Å². The standard InChI is InChI=1S/C17H18ClN5O3.ClH/c18-11-8-13-14(26-10-15(24)21-13)9-12(11)22-16(25)17(2-5-19-6-3-17)23-7-1-4-20-23;/h1,4,7-9,19H,2-3,5-6,10H2,(H,21,24)(H,22,25);1H. The van der Waals surface area contributed by atoms with E-state index in [2.05, 4.69) is 21.0 Å². The maximum absolute atomic E-state index is 13.2. The molecular formula is C17H19Cl2N5O3. The topological polar surface area (TPSA) is 97.3 Å². The first-order valence-corrected chi connectivity index (χ1v) is 8.75. The third kappa shape index (κ3) is 3.60. The van der Waals surface area contributed by atoms with Crippen molar-refractivity contribution < 1.29 is 14.3 Å². The summed E-state index contributed by atoms with van der Waals surface area (Å²) in [6.45, 7) is 1.38. The summed E-state index contributed by atoms with van der Waals surface area (Å²) in [5.41, 5.74) is 0.160. The lowest BCUT2D eigenvalue weighted by molar-refractivity contribution is -0.126. The van der Waals surface area contributed by atoms with Crippen molar-refractivity contribution in [1.29, 1.82) is 0 Å². The lowest BCUT2D eigenvalue weighted by Gasteiger charge is -2.36. The first-order chi connectivity index (χ1) is 12.6. The van der Waals surface area contributed by atoms with Gasteiger partial charge < -0.3 is 20.7 Å². The number of amides is 2. The van der Waals surface area contributed by atoms with E-state index in [1.807, 2.05) is 0 Å². The molecule has 144 valence electrons. The summed E-state index contributed by atoms with van der Waals surface area (Å²) in [7, 11) is 0. The third-order valence-corrected chi connectivity index (χ3v) is 5.06. The van der Waals surface area contributed by atoms with Crippen LogP contribution < -0.4 is 20.7 Å². The number of halogens is 2. The second-order valence-corrected chi connectivity index (χ2v) is 6.76. The zero-order valence-electron chi connectivity index (χ0n) is 14.3. The van der Waals surface area contributed by atoms with Gasteiger partial charge in [-0.2, -0.15) is 5.10 Å². The monoisotopic (exact) mass is 411 g/mol. The van der Waals surface area contributed by atoms with Crippen LogP contribution in [-0.2, 0) is 15.1 Å². The van der Waals surface area contributed by atoms with E-state index >= 15 is 0 Å². The fourth-order valence-electron chi connectivity index (χ4n) is 3.36. The number of fused-ring (bicyclic) bond motifs is 1. The van der Waals surface area contributed by atoms with Crippen LogP contribution in [-0.4, -0.2) is 41.3 Å². The van der Waals surface area contributed by atoms with Gasteiger partial charge in [0.05, 0.1) is 16.4 Å². The summed E-state index contributed by atoms with van der Waals surface area (Å²) in [6, 6.07) is 5.01. The molecule has 1 saturated heterocycles. The van der Waals surface area contributed by atoms with Gasteiger partial charge in [0.25, 0.3) is 11.8 Å². The molecule has 2 aliphatic rings. The molecule has 3 N–H and O–H groups in total. The Hall–Kier alpha value is -2.29. The number of nitrogens with one attached hydrogen (secondary N) is 3. The van der Waals surface area contributed by atoms with E-state index in [-0.39, 0.29) is 30.8 Å². The maximum Gasteiger partial charge on any atom is 0.262 e. The van der Waals surface area contributed by atoms with Gasteiger partial charge in [-0.1, -0.05) is 11.6 Å². The van der Waals surface area contributed by atoms with Gasteiger partial charge in [0.2, 0.25) is 0 Å². The van der Waals surface area contributed by atoms with Gasteiger partial charge in [-0.25, -0.2) is 0 Å². The average Bonchev–Trinajstić information content (AvgIpc) is 3.18. The van der Waals surface area contributed by atoms with Crippen LogP contribution in [0.15, 0.2) is 30.6 Å². The molecule has 2 amide bonds. The van der Waals surface area contributed by atoms with E-state index in [1.165, 1.54) is 0 Å². The lowest BCUT2D eigenvalue weighted by Crippen LogP contribution is -2.52. The summed E-state index contributed by atoms with van der Waals surface area (Å²) in [5.74, 6) is 0.0600. The molecule has 1 aromatic heterocycles. The number of hydrogen-bond donors (Lipinski definition) is 3. The highest BCUT2D eigenvalue weighted by atomic mass is 35.5. The molecule has 1 aromatic carbocycles. The molecule has 2 aromatic rings. The van der Waals surface area contributed by atoms with E-state index in [9.17, 15) is 9.59 Å². The van der Waals surface area contributed by atoms with Crippen molar-refractivity contribution in [3.8, 4) is 5.75 Å². The Kier molecular flexibility index (Phi) is 5.59. The smallest absolute Gasteiger partial charge is 0.262 e. The highest BCUT2D eigenvalue weighted by Crippen LogP contribution is 2.37. The summed E-state index contributed by atoms with van der Waals surface area (Å²) in [5, 5.41) is 13.5. The molecule has 0 unspecified atom stereocenters. The van der Waals surface area contributed by atoms with E-state index < -0.39 is 5.54 Å². The number of nitrogens with zero attached hydrogens (tertiary/aromatic N) is 2. The van der Waals surface area contributed by atoms with E-state index in [1.54, 1.807) is 35.3 Å². The van der Waals surface area contributed by atoms with Crippen molar-refractivity contribution in [2.45, 2.75) is 18.4 Å². The Labute approximate surface area is 167 Å². The highest BCUT2D eigenvalue weighted by Gasteiger charge is 2.42. The largest absolute Gasteiger partial charge is 0.482 e. The van der Waals surface area contributed by atoms with Crippen LogP contribution in [0, 0.1) is 0 Å². The van der Waals surface area contributed by atoms with Gasteiger partial charge in [0.1, 0.15) is 11.3 Å². The molecule has 0 atom stereocenters. The molecule has 27 heavy (non-hydrogen) atoms. The van der Waals surface area contributed by atoms with Gasteiger partial charge in [0.15, 0.2) is 6.61 Å². The van der Waals surface area contributed by atoms with Crippen LogP contribution in [0.1, 0.15) is 12.8 Å². The third-order valence-electron chi connectivity index (χ3n) is 4.75. The molecular weight excluding hydrogens is 393 g/mol. The Bertz CT molecular complexity index is 851. The Morgan fingerprint density at radius 1 is 1.33 bits per heavy atom. The second kappa shape index (κ2) is 7.75.